The lowest BCUT2D eigenvalue weighted by Crippen LogP contribution is -2.46. The third-order valence-corrected chi connectivity index (χ3v) is 6.05. The molecule has 0 heterocycles. The summed E-state index contributed by atoms with van der Waals surface area (Å²) in [5, 5.41) is 0. The summed E-state index contributed by atoms with van der Waals surface area (Å²) in [5.74, 6) is -1.14. The first-order valence-corrected chi connectivity index (χ1v) is 10.1. The molecule has 7 nitrogen and oxygen atoms in total. The first kappa shape index (κ1) is 20.3. The summed E-state index contributed by atoms with van der Waals surface area (Å²) in [7, 11) is -2.49. The molecule has 0 unspecified atom stereocenters. The summed E-state index contributed by atoms with van der Waals surface area (Å²) in [6.45, 7) is 1.42. The standard InChI is InChI=1S/C17H18IN3O4S/c1-12-3-9-15(10-4-12)26(24,25)21(2)11-16(22)19-20-17(23)13-5-7-14(18)8-6-13/h3-10H,11H2,1-2H3,(H,19,22)(H,20,23). The number of likely N-dealkylation sites (N-methyl/N-ethyl adjacent to an activating group) is 1. The molecular weight excluding hydrogens is 469 g/mol. The molecule has 2 rings (SSSR count). The number of nitrogens with one attached hydrogen (secondary N) is 2. The first-order chi connectivity index (χ1) is 12.2. The highest BCUT2D eigenvalue weighted by Crippen LogP contribution is 2.14. The van der Waals surface area contributed by atoms with Crippen molar-refractivity contribution in [3.8, 4) is 0 Å². The van der Waals surface area contributed by atoms with E-state index in [1.54, 1.807) is 36.4 Å². The van der Waals surface area contributed by atoms with Gasteiger partial charge < -0.3 is 0 Å². The van der Waals surface area contributed by atoms with Gasteiger partial charge in [-0.1, -0.05) is 17.7 Å². The fourth-order valence-corrected chi connectivity index (χ4v) is 3.50. The highest BCUT2D eigenvalue weighted by Gasteiger charge is 2.23. The molecule has 0 aromatic heterocycles. The third-order valence-electron chi connectivity index (χ3n) is 3.52. The van der Waals surface area contributed by atoms with Crippen molar-refractivity contribution < 1.29 is 18.0 Å². The number of nitrogens with zero attached hydrogens (tertiary/aromatic N) is 1. The van der Waals surface area contributed by atoms with Gasteiger partial charge >= 0.3 is 0 Å². The Kier molecular flexibility index (Phi) is 6.73. The van der Waals surface area contributed by atoms with Crippen LogP contribution in [-0.4, -0.2) is 38.1 Å². The highest BCUT2D eigenvalue weighted by atomic mass is 127. The van der Waals surface area contributed by atoms with E-state index in [0.717, 1.165) is 13.4 Å². The third kappa shape index (κ3) is 5.26. The Hall–Kier alpha value is -1.98. The largest absolute Gasteiger partial charge is 0.272 e. The summed E-state index contributed by atoms with van der Waals surface area (Å²) >= 11 is 2.12. The molecule has 0 bridgehead atoms. The second kappa shape index (κ2) is 8.60. The van der Waals surface area contributed by atoms with Crippen LogP contribution in [0.3, 0.4) is 0 Å². The molecule has 2 N–H and O–H groups in total. The minimum atomic E-state index is -3.79. The van der Waals surface area contributed by atoms with E-state index in [-0.39, 0.29) is 4.90 Å². The molecule has 2 aromatic rings. The highest BCUT2D eigenvalue weighted by molar-refractivity contribution is 14.1. The van der Waals surface area contributed by atoms with Crippen LogP contribution in [0.2, 0.25) is 0 Å². The van der Waals surface area contributed by atoms with E-state index >= 15 is 0 Å². The van der Waals surface area contributed by atoms with E-state index in [4.69, 9.17) is 0 Å². The van der Waals surface area contributed by atoms with Crippen molar-refractivity contribution in [1.29, 1.82) is 0 Å². The zero-order chi connectivity index (χ0) is 19.3. The van der Waals surface area contributed by atoms with Crippen LogP contribution in [0.15, 0.2) is 53.4 Å². The van der Waals surface area contributed by atoms with Crippen molar-refractivity contribution in [1.82, 2.24) is 15.2 Å². The van der Waals surface area contributed by atoms with Gasteiger partial charge in [0.25, 0.3) is 11.8 Å². The lowest BCUT2D eigenvalue weighted by atomic mass is 10.2. The maximum Gasteiger partial charge on any atom is 0.269 e. The second-order valence-corrected chi connectivity index (χ2v) is 8.87. The van der Waals surface area contributed by atoms with Gasteiger partial charge in [0.1, 0.15) is 0 Å². The van der Waals surface area contributed by atoms with Gasteiger partial charge in [-0.3, -0.25) is 20.4 Å². The topological polar surface area (TPSA) is 95.6 Å². The van der Waals surface area contributed by atoms with Crippen LogP contribution in [0, 0.1) is 10.5 Å². The number of benzene rings is 2. The van der Waals surface area contributed by atoms with Crippen molar-refractivity contribution in [3.63, 3.8) is 0 Å². The van der Waals surface area contributed by atoms with Crippen molar-refractivity contribution in [2.75, 3.05) is 13.6 Å². The SMILES string of the molecule is Cc1ccc(S(=O)(=O)N(C)CC(=O)NNC(=O)c2ccc(I)cc2)cc1. The van der Waals surface area contributed by atoms with Crippen LogP contribution in [0.5, 0.6) is 0 Å². The van der Waals surface area contributed by atoms with Gasteiger partial charge in [0, 0.05) is 16.2 Å². The number of hydrogen-bond acceptors (Lipinski definition) is 4. The van der Waals surface area contributed by atoms with Gasteiger partial charge in [0.05, 0.1) is 11.4 Å². The molecule has 0 aliphatic rings. The molecule has 0 saturated heterocycles. The average molecular weight is 487 g/mol. The van der Waals surface area contributed by atoms with Gasteiger partial charge in [0.2, 0.25) is 10.0 Å². The van der Waals surface area contributed by atoms with Crippen molar-refractivity contribution in [2.24, 2.45) is 0 Å². The van der Waals surface area contributed by atoms with Gasteiger partial charge in [-0.2, -0.15) is 4.31 Å². The molecule has 138 valence electrons. The maximum absolute atomic E-state index is 12.4. The molecule has 0 radical (unpaired) electrons. The predicted octanol–water partition coefficient (Wildman–Crippen LogP) is 1.68. The molecule has 0 fully saturated rings. The number of halogens is 1. The summed E-state index contributed by atoms with van der Waals surface area (Å²) in [5.41, 5.74) is 5.79. The fourth-order valence-electron chi connectivity index (χ4n) is 2.02. The first-order valence-electron chi connectivity index (χ1n) is 7.58. The lowest BCUT2D eigenvalue weighted by molar-refractivity contribution is -0.121. The Balaban J connectivity index is 1.93. The Morgan fingerprint density at radius 1 is 1.00 bits per heavy atom. The number of carbonyl (C=O) groups is 2. The van der Waals surface area contributed by atoms with Crippen LogP contribution >= 0.6 is 22.6 Å². The van der Waals surface area contributed by atoms with Crippen LogP contribution in [-0.2, 0) is 14.8 Å². The van der Waals surface area contributed by atoms with E-state index in [1.807, 2.05) is 6.92 Å². The van der Waals surface area contributed by atoms with E-state index in [2.05, 4.69) is 33.4 Å². The molecule has 0 aliphatic carbocycles. The van der Waals surface area contributed by atoms with Crippen molar-refractivity contribution in [2.45, 2.75) is 11.8 Å². The molecule has 0 spiro atoms. The minimum absolute atomic E-state index is 0.0984. The zero-order valence-electron chi connectivity index (χ0n) is 14.2. The molecule has 2 amide bonds. The number of hydrazine groups is 1. The number of rotatable bonds is 5. The Labute approximate surface area is 165 Å². The smallest absolute Gasteiger partial charge is 0.269 e. The number of amides is 2. The zero-order valence-corrected chi connectivity index (χ0v) is 17.2. The molecule has 2 aromatic carbocycles. The van der Waals surface area contributed by atoms with E-state index in [1.165, 1.54) is 19.2 Å². The molecule has 9 heteroatoms. The average Bonchev–Trinajstić information content (AvgIpc) is 2.60. The Morgan fingerprint density at radius 3 is 2.15 bits per heavy atom. The normalized spacial score (nSPS) is 11.2. The van der Waals surface area contributed by atoms with Gasteiger partial charge in [0.15, 0.2) is 0 Å². The van der Waals surface area contributed by atoms with Crippen LogP contribution < -0.4 is 10.9 Å². The number of hydrogen-bond donors (Lipinski definition) is 2. The monoisotopic (exact) mass is 487 g/mol. The van der Waals surface area contributed by atoms with E-state index < -0.39 is 28.4 Å². The summed E-state index contributed by atoms with van der Waals surface area (Å²) in [4.78, 5) is 24.0. The van der Waals surface area contributed by atoms with Crippen LogP contribution in [0.25, 0.3) is 0 Å². The molecule has 0 saturated carbocycles. The summed E-state index contributed by atoms with van der Waals surface area (Å²) in [6.07, 6.45) is 0. The minimum Gasteiger partial charge on any atom is -0.272 e. The van der Waals surface area contributed by atoms with Crippen molar-refractivity contribution >= 4 is 44.4 Å². The number of aryl methyl sites for hydroxylation is 1. The van der Waals surface area contributed by atoms with E-state index in [0.29, 0.717) is 5.56 Å². The fraction of sp³-hybridized carbons (Fsp3) is 0.176. The van der Waals surface area contributed by atoms with Gasteiger partial charge in [-0.05, 0) is 65.9 Å². The Morgan fingerprint density at radius 2 is 1.58 bits per heavy atom. The van der Waals surface area contributed by atoms with Gasteiger partial charge in [-0.15, -0.1) is 0 Å². The second-order valence-electron chi connectivity index (χ2n) is 5.58. The maximum atomic E-state index is 12.4. The molecular formula is C17H18IN3O4S. The van der Waals surface area contributed by atoms with Crippen LogP contribution in [0.4, 0.5) is 0 Å². The molecule has 0 atom stereocenters. The summed E-state index contributed by atoms with van der Waals surface area (Å²) < 4.78 is 26.8. The van der Waals surface area contributed by atoms with Crippen molar-refractivity contribution in [3.05, 3.63) is 63.2 Å². The van der Waals surface area contributed by atoms with E-state index in [9.17, 15) is 18.0 Å². The quantitative estimate of drug-likeness (QED) is 0.496. The lowest BCUT2D eigenvalue weighted by Gasteiger charge is -2.17. The number of carbonyl (C=O) groups excluding carboxylic acids is 2. The predicted molar refractivity (Wildman–Crippen MR) is 106 cm³/mol. The van der Waals surface area contributed by atoms with Crippen LogP contribution in [0.1, 0.15) is 15.9 Å². The summed E-state index contributed by atoms with van der Waals surface area (Å²) in [6, 6.07) is 13.1. The number of sulfonamides is 1. The molecule has 26 heavy (non-hydrogen) atoms. The van der Waals surface area contributed by atoms with Gasteiger partial charge in [-0.25, -0.2) is 8.42 Å². The Bertz CT molecular complexity index is 897. The molecule has 0 aliphatic heterocycles.